The number of rotatable bonds is 0. The third kappa shape index (κ3) is 1.95. The molecular weight excluding hydrogens is 222 g/mol. The van der Waals surface area contributed by atoms with Gasteiger partial charge in [-0.2, -0.15) is 0 Å². The van der Waals surface area contributed by atoms with Gasteiger partial charge in [0.15, 0.2) is 11.6 Å². The van der Waals surface area contributed by atoms with Crippen LogP contribution in [0.1, 0.15) is 26.3 Å². The fourth-order valence-corrected chi connectivity index (χ4v) is 1.78. The molecule has 0 unspecified atom stereocenters. The molecule has 2 N–H and O–H groups in total. The Morgan fingerprint density at radius 2 is 1.82 bits per heavy atom. The number of nitrogens with two attached hydrogens (primary N) is 1. The Balaban J connectivity index is 2.80. The zero-order valence-electron chi connectivity index (χ0n) is 10.0. The van der Waals surface area contributed by atoms with Gasteiger partial charge in [0, 0.05) is 5.39 Å². The number of pyridine rings is 1. The Labute approximate surface area is 98.5 Å². The van der Waals surface area contributed by atoms with Gasteiger partial charge in [-0.3, -0.25) is 0 Å². The highest BCUT2D eigenvalue weighted by molar-refractivity contribution is 5.82. The van der Waals surface area contributed by atoms with Gasteiger partial charge < -0.3 is 5.73 Å². The van der Waals surface area contributed by atoms with Crippen LogP contribution in [0, 0.1) is 11.6 Å². The van der Waals surface area contributed by atoms with Crippen molar-refractivity contribution >= 4 is 16.7 Å². The van der Waals surface area contributed by atoms with Gasteiger partial charge in [0.05, 0.1) is 5.52 Å². The van der Waals surface area contributed by atoms with E-state index in [1.807, 2.05) is 20.8 Å². The molecule has 0 aliphatic heterocycles. The first-order chi connectivity index (χ1) is 7.80. The summed E-state index contributed by atoms with van der Waals surface area (Å²) in [4.78, 5) is 3.82. The number of halogens is 2. The van der Waals surface area contributed by atoms with Gasteiger partial charge >= 0.3 is 0 Å². The highest BCUT2D eigenvalue weighted by Gasteiger charge is 2.20. The lowest BCUT2D eigenvalue weighted by Crippen LogP contribution is -2.14. The lowest BCUT2D eigenvalue weighted by atomic mass is 9.86. The summed E-state index contributed by atoms with van der Waals surface area (Å²) >= 11 is 0. The zero-order chi connectivity index (χ0) is 12.8. The molecule has 1 aromatic heterocycles. The summed E-state index contributed by atoms with van der Waals surface area (Å²) in [5.74, 6) is -1.33. The highest BCUT2D eigenvalue weighted by atomic mass is 19.1. The first-order valence-electron chi connectivity index (χ1n) is 5.35. The molecule has 4 heteroatoms. The average molecular weight is 236 g/mol. The summed E-state index contributed by atoms with van der Waals surface area (Å²) in [6.07, 6.45) is 0. The number of benzene rings is 1. The standard InChI is InChI=1S/C13H14F2N2/c1-13(2,3)8-4-5-10-7(11(8)15)6-9(14)12(16)17-10/h4-6H,1-3H3,(H2,16,17). The van der Waals surface area contributed by atoms with Gasteiger partial charge in [-0.05, 0) is 23.1 Å². The normalized spacial score (nSPS) is 12.1. The van der Waals surface area contributed by atoms with Crippen LogP contribution in [0.4, 0.5) is 14.6 Å². The molecular formula is C13H14F2N2. The molecule has 0 amide bonds. The lowest BCUT2D eigenvalue weighted by Gasteiger charge is -2.20. The van der Waals surface area contributed by atoms with Gasteiger partial charge in [0.1, 0.15) is 5.82 Å². The smallest absolute Gasteiger partial charge is 0.165 e. The van der Waals surface area contributed by atoms with E-state index in [0.29, 0.717) is 11.1 Å². The Hall–Kier alpha value is -1.71. The molecule has 1 aromatic carbocycles. The first kappa shape index (κ1) is 11.8. The summed E-state index contributed by atoms with van der Waals surface area (Å²) < 4.78 is 27.5. The van der Waals surface area contributed by atoms with Crippen molar-refractivity contribution in [2.24, 2.45) is 0 Å². The van der Waals surface area contributed by atoms with Crippen LogP contribution in [0.3, 0.4) is 0 Å². The van der Waals surface area contributed by atoms with Crippen molar-refractivity contribution in [2.45, 2.75) is 26.2 Å². The molecule has 0 bridgehead atoms. The predicted octanol–water partition coefficient (Wildman–Crippen LogP) is 3.39. The number of aromatic nitrogens is 1. The minimum Gasteiger partial charge on any atom is -0.381 e. The van der Waals surface area contributed by atoms with E-state index in [4.69, 9.17) is 5.73 Å². The Morgan fingerprint density at radius 1 is 1.18 bits per heavy atom. The SMILES string of the molecule is CC(C)(C)c1ccc2nc(N)c(F)cc2c1F. The van der Waals surface area contributed by atoms with Gasteiger partial charge in [0.2, 0.25) is 0 Å². The number of nitrogens with zero attached hydrogens (tertiary/aromatic N) is 1. The monoisotopic (exact) mass is 236 g/mol. The summed E-state index contributed by atoms with van der Waals surface area (Å²) in [6, 6.07) is 4.43. The van der Waals surface area contributed by atoms with E-state index in [2.05, 4.69) is 4.98 Å². The van der Waals surface area contributed by atoms with Gasteiger partial charge in [0.25, 0.3) is 0 Å². The van der Waals surface area contributed by atoms with Crippen LogP contribution in [-0.4, -0.2) is 4.98 Å². The maximum absolute atomic E-state index is 14.2. The fraction of sp³-hybridized carbons (Fsp3) is 0.308. The summed E-state index contributed by atoms with van der Waals surface area (Å²) in [7, 11) is 0. The first-order valence-corrected chi connectivity index (χ1v) is 5.35. The lowest BCUT2D eigenvalue weighted by molar-refractivity contribution is 0.528. The van der Waals surface area contributed by atoms with Gasteiger partial charge in [-0.25, -0.2) is 13.8 Å². The molecule has 2 aromatic rings. The number of hydrogen-bond donors (Lipinski definition) is 1. The van der Waals surface area contributed by atoms with Gasteiger partial charge in [-0.15, -0.1) is 0 Å². The zero-order valence-corrected chi connectivity index (χ0v) is 10.0. The molecule has 90 valence electrons. The van der Waals surface area contributed by atoms with Gasteiger partial charge in [-0.1, -0.05) is 26.8 Å². The van der Waals surface area contributed by atoms with Crippen molar-refractivity contribution in [3.8, 4) is 0 Å². The average Bonchev–Trinajstić information content (AvgIpc) is 2.19. The van der Waals surface area contributed by atoms with Crippen LogP contribution in [0.5, 0.6) is 0 Å². The minimum absolute atomic E-state index is 0.170. The molecule has 2 nitrogen and oxygen atoms in total. The van der Waals surface area contributed by atoms with Crippen molar-refractivity contribution in [1.29, 1.82) is 0 Å². The molecule has 0 atom stereocenters. The van der Waals surface area contributed by atoms with Crippen molar-refractivity contribution < 1.29 is 8.78 Å². The third-order valence-corrected chi connectivity index (χ3v) is 2.72. The van der Waals surface area contributed by atoms with E-state index in [9.17, 15) is 8.78 Å². The van der Waals surface area contributed by atoms with E-state index in [1.54, 1.807) is 12.1 Å². The molecule has 17 heavy (non-hydrogen) atoms. The van der Waals surface area contributed by atoms with E-state index in [0.717, 1.165) is 6.07 Å². The van der Waals surface area contributed by atoms with Crippen LogP contribution >= 0.6 is 0 Å². The Kier molecular flexibility index (Phi) is 2.53. The fourth-order valence-electron chi connectivity index (χ4n) is 1.78. The van der Waals surface area contributed by atoms with E-state index in [1.165, 1.54) is 0 Å². The maximum Gasteiger partial charge on any atom is 0.165 e. The second kappa shape index (κ2) is 3.65. The van der Waals surface area contributed by atoms with Crippen LogP contribution < -0.4 is 5.73 Å². The number of anilines is 1. The van der Waals surface area contributed by atoms with Crippen molar-refractivity contribution in [3.63, 3.8) is 0 Å². The second-order valence-electron chi connectivity index (χ2n) is 5.10. The molecule has 0 fully saturated rings. The summed E-state index contributed by atoms with van der Waals surface area (Å²) in [5.41, 5.74) is 5.92. The molecule has 0 saturated heterocycles. The second-order valence-corrected chi connectivity index (χ2v) is 5.10. The molecule has 0 aliphatic carbocycles. The number of fused-ring (bicyclic) bond motifs is 1. The van der Waals surface area contributed by atoms with Crippen molar-refractivity contribution in [3.05, 3.63) is 35.4 Å². The summed E-state index contributed by atoms with van der Waals surface area (Å²) in [5, 5.41) is 0.170. The molecule has 0 spiro atoms. The van der Waals surface area contributed by atoms with Crippen LogP contribution in [-0.2, 0) is 5.41 Å². The molecule has 1 heterocycles. The molecule has 0 saturated carbocycles. The largest absolute Gasteiger partial charge is 0.381 e. The molecule has 0 radical (unpaired) electrons. The van der Waals surface area contributed by atoms with E-state index in [-0.39, 0.29) is 16.6 Å². The van der Waals surface area contributed by atoms with Crippen LogP contribution in [0.2, 0.25) is 0 Å². The quantitative estimate of drug-likeness (QED) is 0.761. The highest BCUT2D eigenvalue weighted by Crippen LogP contribution is 2.30. The van der Waals surface area contributed by atoms with Crippen molar-refractivity contribution in [1.82, 2.24) is 4.98 Å². The topological polar surface area (TPSA) is 38.9 Å². The number of hydrogen-bond acceptors (Lipinski definition) is 2. The number of nitrogen functional groups attached to an aromatic ring is 1. The van der Waals surface area contributed by atoms with Crippen molar-refractivity contribution in [2.75, 3.05) is 5.73 Å². The Morgan fingerprint density at radius 3 is 2.41 bits per heavy atom. The van der Waals surface area contributed by atoms with E-state index < -0.39 is 11.6 Å². The Bertz CT molecular complexity index is 586. The summed E-state index contributed by atoms with van der Waals surface area (Å²) in [6.45, 7) is 5.70. The predicted molar refractivity (Wildman–Crippen MR) is 64.8 cm³/mol. The molecule has 0 aliphatic rings. The van der Waals surface area contributed by atoms with Crippen LogP contribution in [0.15, 0.2) is 18.2 Å². The van der Waals surface area contributed by atoms with Crippen LogP contribution in [0.25, 0.3) is 10.9 Å². The maximum atomic E-state index is 14.2. The minimum atomic E-state index is -0.692. The third-order valence-electron chi connectivity index (χ3n) is 2.72. The van der Waals surface area contributed by atoms with E-state index >= 15 is 0 Å². The molecule has 2 rings (SSSR count).